The molecule has 0 fully saturated rings. The van der Waals surface area contributed by atoms with Crippen LogP contribution in [0.15, 0.2) is 48.7 Å². The Hall–Kier alpha value is -1.70. The maximum Gasteiger partial charge on any atom is 0.262 e. The van der Waals surface area contributed by atoms with E-state index in [0.29, 0.717) is 24.4 Å². The van der Waals surface area contributed by atoms with E-state index in [-0.39, 0.29) is 12.5 Å². The molecule has 1 amide bonds. The number of benzene rings is 1. The van der Waals surface area contributed by atoms with Crippen LogP contribution in [0.5, 0.6) is 0 Å². The fourth-order valence-electron chi connectivity index (χ4n) is 2.51. The fourth-order valence-corrected chi connectivity index (χ4v) is 5.20. The molecule has 0 saturated carbocycles. The highest BCUT2D eigenvalue weighted by Crippen LogP contribution is 2.36. The van der Waals surface area contributed by atoms with Crippen LogP contribution in [0.2, 0.25) is 13.7 Å². The summed E-state index contributed by atoms with van der Waals surface area (Å²) in [5.41, 5.74) is 1.85. The van der Waals surface area contributed by atoms with Crippen LogP contribution in [0.25, 0.3) is 10.2 Å². The van der Waals surface area contributed by atoms with Crippen molar-refractivity contribution >= 4 is 78.7 Å². The Morgan fingerprint density at radius 3 is 2.63 bits per heavy atom. The minimum Gasteiger partial charge on any atom is -0.278 e. The van der Waals surface area contributed by atoms with Crippen LogP contribution in [0, 0.1) is 0 Å². The van der Waals surface area contributed by atoms with E-state index in [9.17, 15) is 4.79 Å². The van der Waals surface area contributed by atoms with Crippen molar-refractivity contribution in [2.24, 2.45) is 0 Å². The van der Waals surface area contributed by atoms with Gasteiger partial charge in [0.05, 0.1) is 32.4 Å². The van der Waals surface area contributed by atoms with Gasteiger partial charge in [-0.05, 0) is 36.4 Å². The number of thiophene rings is 1. The standard InChI is InChI=1S/C18H10Cl3N3OS2/c19-10-4-5-13-14(7-10)26-18(23-13)24(9-11-3-1-2-6-22-11)17(25)12-8-15(20)27-16(12)21/h1-8H,9H2. The minimum absolute atomic E-state index is 0.261. The zero-order chi connectivity index (χ0) is 19.0. The van der Waals surface area contributed by atoms with Gasteiger partial charge in [-0.1, -0.05) is 52.2 Å². The Balaban J connectivity index is 1.79. The summed E-state index contributed by atoms with van der Waals surface area (Å²) in [5.74, 6) is -0.279. The average molecular weight is 455 g/mol. The first-order chi connectivity index (χ1) is 13.0. The lowest BCUT2D eigenvalue weighted by atomic mass is 10.2. The van der Waals surface area contributed by atoms with E-state index in [1.54, 1.807) is 23.2 Å². The Bertz CT molecular complexity index is 1130. The highest BCUT2D eigenvalue weighted by molar-refractivity contribution is 7.22. The molecule has 0 atom stereocenters. The van der Waals surface area contributed by atoms with E-state index in [2.05, 4.69) is 9.97 Å². The lowest BCUT2D eigenvalue weighted by molar-refractivity contribution is 0.0985. The van der Waals surface area contributed by atoms with Gasteiger partial charge in [-0.15, -0.1) is 11.3 Å². The first kappa shape index (κ1) is 18.7. The molecule has 4 nitrogen and oxygen atoms in total. The van der Waals surface area contributed by atoms with E-state index >= 15 is 0 Å². The van der Waals surface area contributed by atoms with Crippen LogP contribution < -0.4 is 4.90 Å². The highest BCUT2D eigenvalue weighted by Gasteiger charge is 2.25. The van der Waals surface area contributed by atoms with Crippen molar-refractivity contribution in [1.82, 2.24) is 9.97 Å². The molecule has 0 aliphatic carbocycles. The average Bonchev–Trinajstić information content (AvgIpc) is 3.22. The van der Waals surface area contributed by atoms with Crippen molar-refractivity contribution in [2.75, 3.05) is 4.90 Å². The molecule has 0 radical (unpaired) electrons. The Kier molecular flexibility index (Phi) is 5.34. The summed E-state index contributed by atoms with van der Waals surface area (Å²) in [6, 6.07) is 12.6. The van der Waals surface area contributed by atoms with Crippen molar-refractivity contribution in [3.63, 3.8) is 0 Å². The van der Waals surface area contributed by atoms with Crippen LogP contribution in [-0.4, -0.2) is 15.9 Å². The van der Waals surface area contributed by atoms with Crippen molar-refractivity contribution < 1.29 is 4.79 Å². The molecule has 4 rings (SSSR count). The van der Waals surface area contributed by atoms with E-state index < -0.39 is 0 Å². The van der Waals surface area contributed by atoms with Crippen LogP contribution in [0.4, 0.5) is 5.13 Å². The molecule has 0 unspecified atom stereocenters. The maximum atomic E-state index is 13.2. The number of carbonyl (C=O) groups is 1. The SMILES string of the molecule is O=C(c1cc(Cl)sc1Cl)N(Cc1ccccn1)c1nc2ccc(Cl)cc2s1. The minimum atomic E-state index is -0.279. The molecule has 0 bridgehead atoms. The molecular formula is C18H10Cl3N3OS2. The van der Waals surface area contributed by atoms with Gasteiger partial charge in [0, 0.05) is 11.2 Å². The summed E-state index contributed by atoms with van der Waals surface area (Å²) in [5, 5.41) is 1.16. The topological polar surface area (TPSA) is 46.1 Å². The summed E-state index contributed by atoms with van der Waals surface area (Å²) in [6.07, 6.45) is 1.69. The van der Waals surface area contributed by atoms with Gasteiger partial charge in [-0.3, -0.25) is 14.7 Å². The van der Waals surface area contributed by atoms with E-state index in [4.69, 9.17) is 34.8 Å². The molecule has 0 aliphatic rings. The first-order valence-corrected chi connectivity index (χ1v) is 10.5. The van der Waals surface area contributed by atoms with Gasteiger partial charge in [0.25, 0.3) is 5.91 Å². The molecule has 27 heavy (non-hydrogen) atoms. The fraction of sp³-hybridized carbons (Fsp3) is 0.0556. The molecule has 0 saturated heterocycles. The number of hydrogen-bond donors (Lipinski definition) is 0. The molecule has 3 heterocycles. The van der Waals surface area contributed by atoms with Gasteiger partial charge in [0.1, 0.15) is 4.34 Å². The third kappa shape index (κ3) is 3.95. The second-order valence-electron chi connectivity index (χ2n) is 5.56. The molecule has 4 aromatic rings. The number of nitrogens with zero attached hydrogens (tertiary/aromatic N) is 3. The molecule has 1 aromatic carbocycles. The summed E-state index contributed by atoms with van der Waals surface area (Å²) in [4.78, 5) is 23.7. The monoisotopic (exact) mass is 453 g/mol. The second kappa shape index (κ2) is 7.73. The van der Waals surface area contributed by atoms with E-state index in [0.717, 1.165) is 27.2 Å². The number of thiazole rings is 1. The van der Waals surface area contributed by atoms with Crippen molar-refractivity contribution in [1.29, 1.82) is 0 Å². The summed E-state index contributed by atoms with van der Waals surface area (Å²) in [6.45, 7) is 0.261. The quantitative estimate of drug-likeness (QED) is 0.351. The molecule has 136 valence electrons. The number of fused-ring (bicyclic) bond motifs is 1. The second-order valence-corrected chi connectivity index (χ2v) is 9.29. The number of halogens is 3. The number of carbonyl (C=O) groups excluding carboxylic acids is 1. The predicted octanol–water partition coefficient (Wildman–Crippen LogP) is 6.56. The highest BCUT2D eigenvalue weighted by atomic mass is 35.5. The molecule has 0 spiro atoms. The van der Waals surface area contributed by atoms with Crippen molar-refractivity contribution in [3.05, 3.63) is 73.6 Å². The lowest BCUT2D eigenvalue weighted by Gasteiger charge is -2.19. The summed E-state index contributed by atoms with van der Waals surface area (Å²) in [7, 11) is 0. The van der Waals surface area contributed by atoms with Crippen LogP contribution in [0.3, 0.4) is 0 Å². The molecule has 9 heteroatoms. The van der Waals surface area contributed by atoms with Gasteiger partial charge >= 0.3 is 0 Å². The van der Waals surface area contributed by atoms with Gasteiger partial charge in [0.15, 0.2) is 5.13 Å². The molecule has 0 aliphatic heterocycles. The number of hydrogen-bond acceptors (Lipinski definition) is 5. The van der Waals surface area contributed by atoms with E-state index in [1.807, 2.05) is 30.3 Å². The van der Waals surface area contributed by atoms with Crippen LogP contribution >= 0.6 is 57.5 Å². The van der Waals surface area contributed by atoms with E-state index in [1.165, 1.54) is 11.3 Å². The van der Waals surface area contributed by atoms with Gasteiger partial charge in [0.2, 0.25) is 0 Å². The normalized spacial score (nSPS) is 11.1. The zero-order valence-corrected chi connectivity index (χ0v) is 17.4. The first-order valence-electron chi connectivity index (χ1n) is 7.74. The summed E-state index contributed by atoms with van der Waals surface area (Å²) >= 11 is 20.9. The Labute approximate surface area is 178 Å². The van der Waals surface area contributed by atoms with Crippen molar-refractivity contribution in [2.45, 2.75) is 6.54 Å². The third-order valence-corrected chi connectivity index (χ3v) is 6.51. The lowest BCUT2D eigenvalue weighted by Crippen LogP contribution is -2.30. The zero-order valence-electron chi connectivity index (χ0n) is 13.5. The number of amides is 1. The predicted molar refractivity (Wildman–Crippen MR) is 114 cm³/mol. The number of pyridine rings is 1. The number of anilines is 1. The van der Waals surface area contributed by atoms with Crippen LogP contribution in [0.1, 0.15) is 16.1 Å². The largest absolute Gasteiger partial charge is 0.278 e. The molecule has 3 aromatic heterocycles. The van der Waals surface area contributed by atoms with Gasteiger partial charge in [-0.25, -0.2) is 4.98 Å². The Morgan fingerprint density at radius 1 is 1.07 bits per heavy atom. The summed E-state index contributed by atoms with van der Waals surface area (Å²) < 4.78 is 1.70. The third-order valence-electron chi connectivity index (χ3n) is 3.75. The molecule has 0 N–H and O–H groups in total. The molecular weight excluding hydrogens is 445 g/mol. The maximum absolute atomic E-state index is 13.2. The smallest absolute Gasteiger partial charge is 0.262 e. The number of rotatable bonds is 4. The Morgan fingerprint density at radius 2 is 1.93 bits per heavy atom. The van der Waals surface area contributed by atoms with Gasteiger partial charge < -0.3 is 0 Å². The van der Waals surface area contributed by atoms with Gasteiger partial charge in [-0.2, -0.15) is 0 Å². The number of aromatic nitrogens is 2. The van der Waals surface area contributed by atoms with Crippen molar-refractivity contribution in [3.8, 4) is 0 Å². The van der Waals surface area contributed by atoms with Crippen LogP contribution in [-0.2, 0) is 6.54 Å².